The number of aldehydes is 1. The first-order valence-corrected chi connectivity index (χ1v) is 10.5. The molecule has 2 fully saturated rings. The van der Waals surface area contributed by atoms with Gasteiger partial charge in [0.05, 0.1) is 20.3 Å². The first kappa shape index (κ1) is 21.8. The summed E-state index contributed by atoms with van der Waals surface area (Å²) >= 11 is 0. The number of morpholine rings is 1. The molecule has 0 saturated carbocycles. The van der Waals surface area contributed by atoms with E-state index in [0.717, 1.165) is 30.6 Å². The van der Waals surface area contributed by atoms with Crippen LogP contribution in [0.2, 0.25) is 0 Å². The van der Waals surface area contributed by atoms with Gasteiger partial charge in [0, 0.05) is 37.4 Å². The molecule has 2 aliphatic rings. The first-order chi connectivity index (χ1) is 15.6. The zero-order valence-corrected chi connectivity index (χ0v) is 17.8. The minimum atomic E-state index is -1.24. The fourth-order valence-electron chi connectivity index (χ4n) is 4.06. The molecule has 0 bridgehead atoms. The summed E-state index contributed by atoms with van der Waals surface area (Å²) in [6, 6.07) is 12.3. The lowest BCUT2D eigenvalue weighted by Crippen LogP contribution is -2.51. The van der Waals surface area contributed by atoms with E-state index < -0.39 is 17.5 Å². The van der Waals surface area contributed by atoms with Gasteiger partial charge in [-0.05, 0) is 35.4 Å². The average molecular weight is 438 g/mol. The van der Waals surface area contributed by atoms with Gasteiger partial charge in [-0.2, -0.15) is 0 Å². The molecule has 0 unspecified atom stereocenters. The Bertz CT molecular complexity index is 1000. The number of hydrogen-bond acceptors (Lipinski definition) is 7. The number of ether oxygens (including phenoxy) is 2. The molecule has 1 atom stereocenters. The molecule has 2 aromatic carbocycles. The molecule has 9 heteroatoms. The van der Waals surface area contributed by atoms with Crippen LogP contribution in [0, 0.1) is 0 Å². The van der Waals surface area contributed by atoms with Crippen molar-refractivity contribution in [3.05, 3.63) is 59.2 Å². The number of urea groups is 1. The van der Waals surface area contributed by atoms with Crippen LogP contribution in [0.3, 0.4) is 0 Å². The molecule has 4 rings (SSSR count). The Labute approximate surface area is 186 Å². The number of rotatable bonds is 8. The Morgan fingerprint density at radius 1 is 1.16 bits per heavy atom. The van der Waals surface area contributed by atoms with Gasteiger partial charge in [-0.15, -0.1) is 0 Å². The van der Waals surface area contributed by atoms with Crippen LogP contribution in [0.5, 0.6) is 5.75 Å². The van der Waals surface area contributed by atoms with Gasteiger partial charge in [-0.25, -0.2) is 4.79 Å². The minimum Gasteiger partial charge on any atom is -0.497 e. The zero-order chi connectivity index (χ0) is 22.6. The summed E-state index contributed by atoms with van der Waals surface area (Å²) in [6.07, 6.45) is 0.768. The second-order valence-corrected chi connectivity index (χ2v) is 7.75. The van der Waals surface area contributed by atoms with Crippen LogP contribution in [0.1, 0.15) is 21.5 Å². The Kier molecular flexibility index (Phi) is 6.38. The topological polar surface area (TPSA) is 109 Å². The second kappa shape index (κ2) is 9.37. The smallest absolute Gasteiger partial charge is 0.322 e. The Hall–Kier alpha value is -3.43. The lowest BCUT2D eigenvalue weighted by molar-refractivity contribution is -0.124. The number of nitrogens with zero attached hydrogens (tertiary/aromatic N) is 1. The maximum atomic E-state index is 12.8. The molecule has 2 aromatic rings. The summed E-state index contributed by atoms with van der Waals surface area (Å²) in [4.78, 5) is 38.5. The predicted molar refractivity (Wildman–Crippen MR) is 118 cm³/mol. The van der Waals surface area contributed by atoms with Crippen molar-refractivity contribution in [3.63, 3.8) is 0 Å². The van der Waals surface area contributed by atoms with Gasteiger partial charge in [-0.3, -0.25) is 14.9 Å². The first-order valence-electron chi connectivity index (χ1n) is 10.5. The molecule has 2 aliphatic heterocycles. The molecular formula is C23H26N4O5. The Balaban J connectivity index is 1.52. The van der Waals surface area contributed by atoms with Gasteiger partial charge < -0.3 is 25.0 Å². The third-order valence-corrected chi connectivity index (χ3v) is 5.86. The summed E-state index contributed by atoms with van der Waals surface area (Å²) in [5.41, 5.74) is 1.74. The van der Waals surface area contributed by atoms with Gasteiger partial charge in [0.1, 0.15) is 5.75 Å². The molecule has 0 aromatic heterocycles. The molecule has 32 heavy (non-hydrogen) atoms. The molecule has 3 N–H and O–H groups in total. The van der Waals surface area contributed by atoms with Gasteiger partial charge in [0.2, 0.25) is 0 Å². The summed E-state index contributed by atoms with van der Waals surface area (Å²) in [5.74, 6) is 0.176. The van der Waals surface area contributed by atoms with Crippen LogP contribution in [-0.4, -0.2) is 58.2 Å². The summed E-state index contributed by atoms with van der Waals surface area (Å²) in [7, 11) is 1.54. The lowest BCUT2D eigenvalue weighted by Gasteiger charge is -2.30. The van der Waals surface area contributed by atoms with Crippen LogP contribution in [0.25, 0.3) is 0 Å². The van der Waals surface area contributed by atoms with Crippen molar-refractivity contribution in [2.45, 2.75) is 12.1 Å². The van der Waals surface area contributed by atoms with Crippen molar-refractivity contribution in [2.24, 2.45) is 0 Å². The molecule has 168 valence electrons. The lowest BCUT2D eigenvalue weighted by atomic mass is 9.89. The number of carbonyl (C=O) groups excluding carboxylic acids is 3. The van der Waals surface area contributed by atoms with E-state index in [-0.39, 0.29) is 6.54 Å². The maximum Gasteiger partial charge on any atom is 0.322 e. The number of imide groups is 1. The van der Waals surface area contributed by atoms with Crippen LogP contribution < -0.4 is 25.6 Å². The van der Waals surface area contributed by atoms with Crippen LogP contribution in [-0.2, 0) is 21.6 Å². The maximum absolute atomic E-state index is 12.8. The number of hydrogen-bond donors (Lipinski definition) is 3. The van der Waals surface area contributed by atoms with Crippen molar-refractivity contribution >= 4 is 23.9 Å². The minimum absolute atomic E-state index is 0.159. The molecule has 2 saturated heterocycles. The number of methoxy groups -OCH3 is 1. The molecule has 0 radical (unpaired) electrons. The van der Waals surface area contributed by atoms with E-state index >= 15 is 0 Å². The van der Waals surface area contributed by atoms with Crippen molar-refractivity contribution in [1.29, 1.82) is 0 Å². The van der Waals surface area contributed by atoms with Crippen molar-refractivity contribution in [2.75, 3.05) is 44.9 Å². The highest BCUT2D eigenvalue weighted by Gasteiger charge is 2.47. The van der Waals surface area contributed by atoms with Crippen LogP contribution in [0.4, 0.5) is 10.5 Å². The van der Waals surface area contributed by atoms with E-state index in [9.17, 15) is 14.4 Å². The van der Waals surface area contributed by atoms with Crippen molar-refractivity contribution in [3.8, 4) is 5.75 Å². The van der Waals surface area contributed by atoms with Crippen LogP contribution >= 0.6 is 0 Å². The number of carbonyl (C=O) groups is 3. The van der Waals surface area contributed by atoms with Gasteiger partial charge in [0.15, 0.2) is 11.8 Å². The molecule has 9 nitrogen and oxygen atoms in total. The van der Waals surface area contributed by atoms with Crippen molar-refractivity contribution in [1.82, 2.24) is 16.0 Å². The summed E-state index contributed by atoms with van der Waals surface area (Å²) in [6.45, 7) is 3.49. The molecular weight excluding hydrogens is 412 g/mol. The standard InChI is InChI=1S/C23H26N4O5/c1-31-20-7-2-16(17(12-20)14-28)13-24-15-23(21(29)25-22(30)26-23)18-3-5-19(6-4-18)27-8-10-32-11-9-27/h2-7,12,14,24H,8-11,13,15H2,1H3,(H2,25,26,29,30)/t23-/m0/s1. The number of amides is 3. The Morgan fingerprint density at radius 2 is 1.91 bits per heavy atom. The monoisotopic (exact) mass is 438 g/mol. The van der Waals surface area contributed by atoms with E-state index in [4.69, 9.17) is 9.47 Å². The molecule has 2 heterocycles. The largest absolute Gasteiger partial charge is 0.497 e. The highest BCUT2D eigenvalue weighted by atomic mass is 16.5. The summed E-state index contributed by atoms with van der Waals surface area (Å²) in [5, 5.41) is 8.34. The van der Waals surface area contributed by atoms with Crippen LogP contribution in [0.15, 0.2) is 42.5 Å². The third-order valence-electron chi connectivity index (χ3n) is 5.86. The van der Waals surface area contributed by atoms with Gasteiger partial charge in [0.25, 0.3) is 5.91 Å². The Morgan fingerprint density at radius 3 is 2.53 bits per heavy atom. The number of anilines is 1. The molecule has 0 aliphatic carbocycles. The number of benzene rings is 2. The molecule has 0 spiro atoms. The average Bonchev–Trinajstić information content (AvgIpc) is 3.13. The quantitative estimate of drug-likeness (QED) is 0.419. The fraction of sp³-hybridized carbons (Fsp3) is 0.348. The van der Waals surface area contributed by atoms with E-state index in [2.05, 4.69) is 20.9 Å². The summed E-state index contributed by atoms with van der Waals surface area (Å²) < 4.78 is 10.6. The normalized spacial score (nSPS) is 20.6. The SMILES string of the molecule is COc1ccc(CNC[C@@]2(c3ccc(N4CCOCC4)cc3)NC(=O)NC2=O)c(C=O)c1. The highest BCUT2D eigenvalue weighted by molar-refractivity contribution is 6.07. The molecule has 3 amide bonds. The van der Waals surface area contributed by atoms with E-state index in [1.165, 1.54) is 7.11 Å². The van der Waals surface area contributed by atoms with Gasteiger partial charge >= 0.3 is 6.03 Å². The van der Waals surface area contributed by atoms with Gasteiger partial charge in [-0.1, -0.05) is 18.2 Å². The van der Waals surface area contributed by atoms with E-state index in [0.29, 0.717) is 36.6 Å². The van der Waals surface area contributed by atoms with E-state index in [1.54, 1.807) is 18.2 Å². The third kappa shape index (κ3) is 4.30. The van der Waals surface area contributed by atoms with E-state index in [1.807, 2.05) is 24.3 Å². The second-order valence-electron chi connectivity index (χ2n) is 7.75. The number of nitrogens with one attached hydrogen (secondary N) is 3. The highest BCUT2D eigenvalue weighted by Crippen LogP contribution is 2.27. The van der Waals surface area contributed by atoms with Crippen molar-refractivity contribution < 1.29 is 23.9 Å². The zero-order valence-electron chi connectivity index (χ0n) is 17.8. The predicted octanol–water partition coefficient (Wildman–Crippen LogP) is 1.17. The fourth-order valence-corrected chi connectivity index (χ4v) is 4.06.